The van der Waals surface area contributed by atoms with Crippen molar-refractivity contribution in [3.8, 4) is 11.5 Å². The van der Waals surface area contributed by atoms with Crippen molar-refractivity contribution in [3.63, 3.8) is 0 Å². The molecule has 3 aliphatic rings. The number of methoxy groups -OCH3 is 2. The van der Waals surface area contributed by atoms with Gasteiger partial charge < -0.3 is 24.5 Å². The minimum Gasteiger partial charge on any atom is -0.497 e. The highest BCUT2D eigenvalue weighted by atomic mass is 16.5. The highest BCUT2D eigenvalue weighted by Gasteiger charge is 2.54. The molecule has 7 heteroatoms. The molecule has 2 fully saturated rings. The van der Waals surface area contributed by atoms with Crippen molar-refractivity contribution in [2.24, 2.45) is 5.92 Å². The summed E-state index contributed by atoms with van der Waals surface area (Å²) in [5.74, 6) is 1.96. The number of rotatable bonds is 6. The third-order valence-electron chi connectivity index (χ3n) is 7.72. The molecule has 6 rings (SSSR count). The molecule has 3 heterocycles. The molecule has 1 amide bonds. The topological polar surface area (TPSA) is 78.0 Å². The minimum atomic E-state index is -0.334. The van der Waals surface area contributed by atoms with Gasteiger partial charge >= 0.3 is 0 Å². The van der Waals surface area contributed by atoms with Gasteiger partial charge in [-0.15, -0.1) is 0 Å². The molecule has 1 saturated heterocycles. The lowest BCUT2D eigenvalue weighted by molar-refractivity contribution is -0.140. The SMILES string of the molecule is COc1cccc(CN2CC3(C2)CN(C(=O)C2CC2)[C@@H](CO)c2[nH]c4cc(OC)ccc4c23)c1. The van der Waals surface area contributed by atoms with Gasteiger partial charge in [-0.1, -0.05) is 12.1 Å². The highest BCUT2D eigenvalue weighted by Crippen LogP contribution is 2.50. The molecule has 2 aromatic carbocycles. The number of aliphatic hydroxyl groups is 1. The molecule has 34 heavy (non-hydrogen) atoms. The summed E-state index contributed by atoms with van der Waals surface area (Å²) in [6, 6.07) is 14.0. The first-order chi connectivity index (χ1) is 16.5. The number of aliphatic hydroxyl groups excluding tert-OH is 1. The molecule has 0 bridgehead atoms. The van der Waals surface area contributed by atoms with E-state index in [9.17, 15) is 9.90 Å². The van der Waals surface area contributed by atoms with Crippen LogP contribution in [0, 0.1) is 5.92 Å². The summed E-state index contributed by atoms with van der Waals surface area (Å²) in [4.78, 5) is 21.2. The van der Waals surface area contributed by atoms with Crippen LogP contribution in [-0.4, -0.2) is 66.3 Å². The number of hydrogen-bond donors (Lipinski definition) is 2. The number of aromatic amines is 1. The fraction of sp³-hybridized carbons (Fsp3) is 0.444. The van der Waals surface area contributed by atoms with E-state index in [0.717, 1.165) is 60.6 Å². The Morgan fingerprint density at radius 1 is 1.09 bits per heavy atom. The second kappa shape index (κ2) is 8.03. The molecule has 2 aliphatic heterocycles. The van der Waals surface area contributed by atoms with Crippen LogP contribution >= 0.6 is 0 Å². The third-order valence-corrected chi connectivity index (χ3v) is 7.72. The Morgan fingerprint density at radius 2 is 1.85 bits per heavy atom. The second-order valence-corrected chi connectivity index (χ2v) is 10.0. The maximum absolute atomic E-state index is 13.3. The molecule has 3 aromatic rings. The molecular weight excluding hydrogens is 430 g/mol. The van der Waals surface area contributed by atoms with E-state index in [-0.39, 0.29) is 29.9 Å². The van der Waals surface area contributed by atoms with Crippen LogP contribution in [0.15, 0.2) is 42.5 Å². The minimum absolute atomic E-state index is 0.0843. The van der Waals surface area contributed by atoms with Crippen LogP contribution in [0.1, 0.15) is 35.7 Å². The first-order valence-corrected chi connectivity index (χ1v) is 12.0. The molecule has 178 valence electrons. The molecule has 0 radical (unpaired) electrons. The van der Waals surface area contributed by atoms with E-state index in [1.807, 2.05) is 29.2 Å². The summed E-state index contributed by atoms with van der Waals surface area (Å²) in [6.45, 7) is 3.13. The van der Waals surface area contributed by atoms with Gasteiger partial charge in [-0.05, 0) is 48.2 Å². The summed E-state index contributed by atoms with van der Waals surface area (Å²) in [6.07, 6.45) is 1.92. The van der Waals surface area contributed by atoms with Gasteiger partial charge in [0.25, 0.3) is 0 Å². The maximum atomic E-state index is 13.3. The van der Waals surface area contributed by atoms with Gasteiger partial charge in [0.1, 0.15) is 11.5 Å². The van der Waals surface area contributed by atoms with E-state index in [1.54, 1.807) is 14.2 Å². The Labute approximate surface area is 199 Å². The zero-order chi connectivity index (χ0) is 23.4. The van der Waals surface area contributed by atoms with Gasteiger partial charge in [0.05, 0.1) is 26.9 Å². The molecule has 1 aliphatic carbocycles. The lowest BCUT2D eigenvalue weighted by Gasteiger charge is -2.56. The lowest BCUT2D eigenvalue weighted by atomic mass is 9.68. The fourth-order valence-electron chi connectivity index (χ4n) is 6.01. The second-order valence-electron chi connectivity index (χ2n) is 10.0. The van der Waals surface area contributed by atoms with E-state index >= 15 is 0 Å². The Balaban J connectivity index is 1.37. The standard InChI is InChI=1S/C27H31N3O4/c1-33-19-5-3-4-17(10-19)12-29-14-27(15-29)16-30(26(32)18-6-7-18)23(13-31)25-24(27)21-9-8-20(34-2)11-22(21)28-25/h3-5,8-11,18,23,28,31H,6-7,12-16H2,1-2H3/t23-/m0/s1. The number of nitrogens with one attached hydrogen (secondary N) is 1. The predicted octanol–water partition coefficient (Wildman–Crippen LogP) is 3.22. The summed E-state index contributed by atoms with van der Waals surface area (Å²) in [7, 11) is 3.36. The predicted molar refractivity (Wildman–Crippen MR) is 129 cm³/mol. The van der Waals surface area contributed by atoms with Crippen molar-refractivity contribution < 1.29 is 19.4 Å². The summed E-state index contributed by atoms with van der Waals surface area (Å²) >= 11 is 0. The summed E-state index contributed by atoms with van der Waals surface area (Å²) in [5, 5.41) is 11.5. The smallest absolute Gasteiger partial charge is 0.226 e. The van der Waals surface area contributed by atoms with Crippen LogP contribution in [-0.2, 0) is 16.8 Å². The monoisotopic (exact) mass is 461 g/mol. The van der Waals surface area contributed by atoms with E-state index in [4.69, 9.17) is 9.47 Å². The molecule has 1 atom stereocenters. The largest absolute Gasteiger partial charge is 0.497 e. The van der Waals surface area contributed by atoms with Gasteiger partial charge in [0.2, 0.25) is 5.91 Å². The number of ether oxygens (including phenoxy) is 2. The number of aromatic nitrogens is 1. The molecule has 2 N–H and O–H groups in total. The van der Waals surface area contributed by atoms with Crippen molar-refractivity contribution in [2.75, 3.05) is 40.5 Å². The van der Waals surface area contributed by atoms with Crippen LogP contribution in [0.3, 0.4) is 0 Å². The molecule has 1 saturated carbocycles. The number of hydrogen-bond acceptors (Lipinski definition) is 5. The number of H-pyrrole nitrogens is 1. The van der Waals surface area contributed by atoms with E-state index in [0.29, 0.717) is 6.54 Å². The van der Waals surface area contributed by atoms with Crippen molar-refractivity contribution >= 4 is 16.8 Å². The number of carbonyl (C=O) groups is 1. The Morgan fingerprint density at radius 3 is 2.56 bits per heavy atom. The number of fused-ring (bicyclic) bond motifs is 4. The first-order valence-electron chi connectivity index (χ1n) is 12.0. The van der Waals surface area contributed by atoms with E-state index in [2.05, 4.69) is 28.1 Å². The summed E-state index contributed by atoms with van der Waals surface area (Å²) in [5.41, 5.74) is 4.29. The number of benzene rings is 2. The van der Waals surface area contributed by atoms with Crippen LogP contribution < -0.4 is 9.47 Å². The van der Waals surface area contributed by atoms with Crippen molar-refractivity contribution in [1.29, 1.82) is 0 Å². The third kappa shape index (κ3) is 3.37. The molecule has 1 aromatic heterocycles. The average Bonchev–Trinajstić information content (AvgIpc) is 3.62. The Hall–Kier alpha value is -3.03. The van der Waals surface area contributed by atoms with E-state index in [1.165, 1.54) is 11.1 Å². The first kappa shape index (κ1) is 21.5. The van der Waals surface area contributed by atoms with Gasteiger partial charge in [-0.3, -0.25) is 9.69 Å². The molecular formula is C27H31N3O4. The van der Waals surface area contributed by atoms with Gasteiger partial charge in [0, 0.05) is 60.2 Å². The van der Waals surface area contributed by atoms with Gasteiger partial charge in [-0.25, -0.2) is 0 Å². The van der Waals surface area contributed by atoms with Crippen molar-refractivity contribution in [2.45, 2.75) is 30.8 Å². The Kier molecular flexibility index (Phi) is 5.08. The Bertz CT molecular complexity index is 1240. The van der Waals surface area contributed by atoms with Crippen LogP contribution in [0.5, 0.6) is 11.5 Å². The normalized spacial score (nSPS) is 21.4. The van der Waals surface area contributed by atoms with Crippen LogP contribution in [0.2, 0.25) is 0 Å². The van der Waals surface area contributed by atoms with E-state index < -0.39 is 0 Å². The number of likely N-dealkylation sites (tertiary alicyclic amines) is 1. The number of nitrogens with zero attached hydrogens (tertiary/aromatic N) is 2. The summed E-state index contributed by atoms with van der Waals surface area (Å²) < 4.78 is 10.8. The molecule has 7 nitrogen and oxygen atoms in total. The fourth-order valence-corrected chi connectivity index (χ4v) is 6.01. The quantitative estimate of drug-likeness (QED) is 0.589. The molecule has 1 spiro atoms. The highest BCUT2D eigenvalue weighted by molar-refractivity contribution is 5.89. The average molecular weight is 462 g/mol. The zero-order valence-corrected chi connectivity index (χ0v) is 19.7. The van der Waals surface area contributed by atoms with Gasteiger partial charge in [0.15, 0.2) is 0 Å². The van der Waals surface area contributed by atoms with Crippen LogP contribution in [0.4, 0.5) is 0 Å². The van der Waals surface area contributed by atoms with Crippen LogP contribution in [0.25, 0.3) is 10.9 Å². The lowest BCUT2D eigenvalue weighted by Crippen LogP contribution is -2.66. The maximum Gasteiger partial charge on any atom is 0.226 e. The van der Waals surface area contributed by atoms with Crippen molar-refractivity contribution in [1.82, 2.24) is 14.8 Å². The number of amides is 1. The molecule has 0 unspecified atom stereocenters. The van der Waals surface area contributed by atoms with Gasteiger partial charge in [-0.2, -0.15) is 0 Å². The van der Waals surface area contributed by atoms with Crippen molar-refractivity contribution in [3.05, 3.63) is 59.3 Å². The zero-order valence-electron chi connectivity index (χ0n) is 19.7. The number of carbonyl (C=O) groups excluding carboxylic acids is 1.